The Kier molecular flexibility index (Phi) is 4.01. The summed E-state index contributed by atoms with van der Waals surface area (Å²) in [6, 6.07) is 1.21. The van der Waals surface area contributed by atoms with Gasteiger partial charge in [0.25, 0.3) is 0 Å². The van der Waals surface area contributed by atoms with Crippen LogP contribution in [-0.4, -0.2) is 68.7 Å². The van der Waals surface area contributed by atoms with E-state index in [0.717, 1.165) is 57.4 Å². The number of aromatic nitrogens is 3. The number of nitrogens with one attached hydrogen (secondary N) is 1. The van der Waals surface area contributed by atoms with Crippen molar-refractivity contribution in [2.75, 3.05) is 26.2 Å². The van der Waals surface area contributed by atoms with Crippen molar-refractivity contribution in [1.29, 1.82) is 0 Å². The Bertz CT molecular complexity index is 642. The van der Waals surface area contributed by atoms with Gasteiger partial charge in [-0.15, -0.1) is 10.2 Å². The highest BCUT2D eigenvalue weighted by atomic mass is 16.2. The molecule has 2 aliphatic carbocycles. The lowest BCUT2D eigenvalue weighted by Crippen LogP contribution is -2.48. The lowest BCUT2D eigenvalue weighted by Gasteiger charge is -2.33. The van der Waals surface area contributed by atoms with E-state index in [1.165, 1.54) is 31.5 Å². The number of hydrogen-bond acceptors (Lipinski definition) is 5. The van der Waals surface area contributed by atoms with E-state index >= 15 is 0 Å². The van der Waals surface area contributed by atoms with Crippen molar-refractivity contribution in [1.82, 2.24) is 29.9 Å². The van der Waals surface area contributed by atoms with Crippen LogP contribution in [0.3, 0.4) is 0 Å². The minimum atomic E-state index is 0.167. The molecule has 136 valence electrons. The van der Waals surface area contributed by atoms with E-state index in [-0.39, 0.29) is 5.91 Å². The van der Waals surface area contributed by atoms with Gasteiger partial charge >= 0.3 is 0 Å². The highest BCUT2D eigenvalue weighted by molar-refractivity contribution is 5.78. The maximum atomic E-state index is 12.4. The van der Waals surface area contributed by atoms with Crippen molar-refractivity contribution >= 4 is 5.91 Å². The highest BCUT2D eigenvalue weighted by Crippen LogP contribution is 2.39. The van der Waals surface area contributed by atoms with Crippen LogP contribution in [0.1, 0.15) is 56.1 Å². The summed E-state index contributed by atoms with van der Waals surface area (Å²) in [6.07, 6.45) is 7.45. The fourth-order valence-corrected chi connectivity index (χ4v) is 4.33. The zero-order valence-electron chi connectivity index (χ0n) is 14.9. The largest absolute Gasteiger partial charge is 0.352 e. The van der Waals surface area contributed by atoms with E-state index < -0.39 is 0 Å². The van der Waals surface area contributed by atoms with Crippen LogP contribution in [0, 0.1) is 0 Å². The molecule has 1 amide bonds. The molecule has 4 aliphatic rings. The number of carbonyl (C=O) groups excluding carboxylic acids is 1. The highest BCUT2D eigenvalue weighted by Gasteiger charge is 2.33. The molecule has 0 aromatic carbocycles. The van der Waals surface area contributed by atoms with Gasteiger partial charge in [-0.1, -0.05) is 0 Å². The smallest absolute Gasteiger partial charge is 0.234 e. The molecule has 0 unspecified atom stereocenters. The first kappa shape index (κ1) is 15.8. The Morgan fingerprint density at radius 3 is 2.52 bits per heavy atom. The molecule has 0 spiro atoms. The van der Waals surface area contributed by atoms with E-state index in [1.54, 1.807) is 0 Å². The summed E-state index contributed by atoms with van der Waals surface area (Å²) in [5.41, 5.74) is 0. The van der Waals surface area contributed by atoms with Crippen LogP contribution in [0.25, 0.3) is 0 Å². The Morgan fingerprint density at radius 1 is 1.00 bits per heavy atom. The summed E-state index contributed by atoms with van der Waals surface area (Å²) in [6.45, 7) is 5.35. The minimum absolute atomic E-state index is 0.167. The van der Waals surface area contributed by atoms with Crippen LogP contribution < -0.4 is 5.32 Å². The van der Waals surface area contributed by atoms with Crippen LogP contribution in [0.2, 0.25) is 0 Å². The maximum Gasteiger partial charge on any atom is 0.234 e. The molecule has 1 aromatic rings. The van der Waals surface area contributed by atoms with Gasteiger partial charge in [0.2, 0.25) is 5.91 Å². The SMILES string of the molecule is O=C(CN1CCn2c(nnc2C2CC2)C1)NC1CCN(C2CC2)CC1. The molecular weight excluding hydrogens is 316 g/mol. The Hall–Kier alpha value is -1.47. The van der Waals surface area contributed by atoms with Crippen LogP contribution in [0.4, 0.5) is 0 Å². The molecule has 7 nitrogen and oxygen atoms in total. The average molecular weight is 344 g/mol. The van der Waals surface area contributed by atoms with Crippen molar-refractivity contribution in [3.05, 3.63) is 11.6 Å². The minimum Gasteiger partial charge on any atom is -0.352 e. The molecule has 0 bridgehead atoms. The van der Waals surface area contributed by atoms with E-state index in [2.05, 4.69) is 29.9 Å². The summed E-state index contributed by atoms with van der Waals surface area (Å²) in [5, 5.41) is 12.0. The first-order valence-corrected chi connectivity index (χ1v) is 9.94. The van der Waals surface area contributed by atoms with Crippen molar-refractivity contribution in [3.63, 3.8) is 0 Å². The van der Waals surface area contributed by atoms with Gasteiger partial charge in [-0.25, -0.2) is 0 Å². The molecule has 3 fully saturated rings. The third-order valence-corrected chi connectivity index (χ3v) is 6.13. The van der Waals surface area contributed by atoms with Gasteiger partial charge in [0.1, 0.15) is 11.6 Å². The second kappa shape index (κ2) is 6.36. The van der Waals surface area contributed by atoms with Gasteiger partial charge in [0.15, 0.2) is 0 Å². The molecular formula is C18H28N6O. The predicted octanol–water partition coefficient (Wildman–Crippen LogP) is 0.714. The zero-order chi connectivity index (χ0) is 16.8. The van der Waals surface area contributed by atoms with Gasteiger partial charge < -0.3 is 14.8 Å². The number of likely N-dealkylation sites (tertiary alicyclic amines) is 1. The molecule has 2 saturated carbocycles. The molecule has 0 radical (unpaired) electrons. The molecule has 0 atom stereocenters. The molecule has 1 saturated heterocycles. The third-order valence-electron chi connectivity index (χ3n) is 6.13. The van der Waals surface area contributed by atoms with Crippen LogP contribution in [-0.2, 0) is 17.9 Å². The van der Waals surface area contributed by atoms with Gasteiger partial charge in [0.05, 0.1) is 13.1 Å². The number of carbonyl (C=O) groups is 1. The zero-order valence-corrected chi connectivity index (χ0v) is 14.9. The van der Waals surface area contributed by atoms with Crippen molar-refractivity contribution in [2.45, 2.75) is 69.6 Å². The Morgan fingerprint density at radius 2 is 1.80 bits per heavy atom. The third kappa shape index (κ3) is 3.44. The van der Waals surface area contributed by atoms with Gasteiger partial charge in [0, 0.05) is 44.2 Å². The van der Waals surface area contributed by atoms with Gasteiger partial charge in [-0.2, -0.15) is 0 Å². The maximum absolute atomic E-state index is 12.4. The number of nitrogens with zero attached hydrogens (tertiary/aromatic N) is 5. The number of amides is 1. The molecule has 2 aliphatic heterocycles. The number of fused-ring (bicyclic) bond motifs is 1. The molecule has 3 heterocycles. The lowest BCUT2D eigenvalue weighted by atomic mass is 10.0. The molecule has 1 aromatic heterocycles. The fraction of sp³-hybridized carbons (Fsp3) is 0.833. The van der Waals surface area contributed by atoms with Crippen LogP contribution in [0.15, 0.2) is 0 Å². The first-order valence-electron chi connectivity index (χ1n) is 9.94. The normalized spacial score (nSPS) is 25.8. The summed E-state index contributed by atoms with van der Waals surface area (Å²) in [7, 11) is 0. The second-order valence-corrected chi connectivity index (χ2v) is 8.22. The van der Waals surface area contributed by atoms with E-state index in [0.29, 0.717) is 18.5 Å². The first-order chi connectivity index (χ1) is 12.3. The summed E-state index contributed by atoms with van der Waals surface area (Å²) in [5.74, 6) is 3.00. The van der Waals surface area contributed by atoms with Crippen LogP contribution >= 0.6 is 0 Å². The monoisotopic (exact) mass is 344 g/mol. The Balaban J connectivity index is 1.10. The van der Waals surface area contributed by atoms with E-state index in [4.69, 9.17) is 0 Å². The van der Waals surface area contributed by atoms with E-state index in [1.807, 2.05) is 0 Å². The predicted molar refractivity (Wildman–Crippen MR) is 93.0 cm³/mol. The Labute approximate surface area is 148 Å². The number of hydrogen-bond donors (Lipinski definition) is 1. The second-order valence-electron chi connectivity index (χ2n) is 8.22. The molecule has 5 rings (SSSR count). The van der Waals surface area contributed by atoms with E-state index in [9.17, 15) is 4.79 Å². The average Bonchev–Trinajstić information content (AvgIpc) is 3.53. The number of piperidine rings is 1. The topological polar surface area (TPSA) is 66.3 Å². The van der Waals surface area contributed by atoms with Crippen LogP contribution in [0.5, 0.6) is 0 Å². The van der Waals surface area contributed by atoms with Gasteiger partial charge in [-0.05, 0) is 38.5 Å². The standard InChI is InChI=1S/C18H28N6O/c25-17(19-14-5-7-23(8-6-14)15-3-4-15)12-22-9-10-24-16(11-22)20-21-18(24)13-1-2-13/h13-15H,1-12H2,(H,19,25). The van der Waals surface area contributed by atoms with Crippen molar-refractivity contribution in [3.8, 4) is 0 Å². The summed E-state index contributed by atoms with van der Waals surface area (Å²) >= 11 is 0. The van der Waals surface area contributed by atoms with Gasteiger partial charge in [-0.3, -0.25) is 9.69 Å². The summed E-state index contributed by atoms with van der Waals surface area (Å²) < 4.78 is 2.28. The van der Waals surface area contributed by atoms with Crippen molar-refractivity contribution in [2.24, 2.45) is 0 Å². The molecule has 1 N–H and O–H groups in total. The molecule has 7 heteroatoms. The number of rotatable bonds is 5. The quantitative estimate of drug-likeness (QED) is 0.852. The summed E-state index contributed by atoms with van der Waals surface area (Å²) in [4.78, 5) is 17.2. The fourth-order valence-electron chi connectivity index (χ4n) is 4.33. The molecule has 25 heavy (non-hydrogen) atoms. The van der Waals surface area contributed by atoms with Crippen molar-refractivity contribution < 1.29 is 4.79 Å². The lowest BCUT2D eigenvalue weighted by molar-refractivity contribution is -0.123.